The lowest BCUT2D eigenvalue weighted by Crippen LogP contribution is -2.53. The van der Waals surface area contributed by atoms with Gasteiger partial charge in [0.05, 0.1) is 24.0 Å². The fourth-order valence-corrected chi connectivity index (χ4v) is 3.47. The molecule has 2 atom stereocenters. The lowest BCUT2D eigenvalue weighted by Gasteiger charge is -2.23. The smallest absolute Gasteiger partial charge is 0.303 e. The fourth-order valence-electron chi connectivity index (χ4n) is 3.47. The molecule has 3 amide bonds. The minimum atomic E-state index is -1.15. The molecule has 0 saturated heterocycles. The number of carboxylic acids is 1. The minimum absolute atomic E-state index is 0.0822. The predicted molar refractivity (Wildman–Crippen MR) is 116 cm³/mol. The first-order valence-corrected chi connectivity index (χ1v) is 10.7. The van der Waals surface area contributed by atoms with E-state index in [9.17, 15) is 19.2 Å². The van der Waals surface area contributed by atoms with E-state index in [4.69, 9.17) is 10.8 Å². The van der Waals surface area contributed by atoms with Gasteiger partial charge < -0.3 is 26.8 Å². The first-order chi connectivity index (χ1) is 15.9. The van der Waals surface area contributed by atoms with Gasteiger partial charge in [0, 0.05) is 6.42 Å². The van der Waals surface area contributed by atoms with Crippen molar-refractivity contribution in [2.45, 2.75) is 50.7 Å². The van der Waals surface area contributed by atoms with Crippen molar-refractivity contribution in [3.05, 3.63) is 41.7 Å². The molecule has 3 rings (SSSR count). The van der Waals surface area contributed by atoms with Crippen molar-refractivity contribution in [1.82, 2.24) is 30.9 Å². The number of para-hydroxylation sites is 1. The zero-order valence-electron chi connectivity index (χ0n) is 18.0. The number of carboxylic acid groups (broad SMARTS) is 1. The van der Waals surface area contributed by atoms with E-state index < -0.39 is 35.8 Å². The van der Waals surface area contributed by atoms with Crippen molar-refractivity contribution in [3.63, 3.8) is 0 Å². The SMILES string of the molecule is NCCCC[C@@H]1NC(=O)[C@H](CCC(=O)O)NC(=O)c2ccccc2-n2cc(nn2)CNC1=O. The second kappa shape index (κ2) is 11.2. The third-order valence-corrected chi connectivity index (χ3v) is 5.23. The van der Waals surface area contributed by atoms with Gasteiger partial charge in [-0.2, -0.15) is 0 Å². The minimum Gasteiger partial charge on any atom is -0.481 e. The first kappa shape index (κ1) is 23.9. The molecule has 2 aromatic rings. The third kappa shape index (κ3) is 6.35. The summed E-state index contributed by atoms with van der Waals surface area (Å²) in [6, 6.07) is 4.59. The maximum Gasteiger partial charge on any atom is 0.303 e. The topological polar surface area (TPSA) is 181 Å². The summed E-state index contributed by atoms with van der Waals surface area (Å²) in [6.45, 7) is 0.529. The largest absolute Gasteiger partial charge is 0.481 e. The van der Waals surface area contributed by atoms with Crippen molar-refractivity contribution in [1.29, 1.82) is 0 Å². The van der Waals surface area contributed by atoms with Gasteiger partial charge in [-0.3, -0.25) is 19.2 Å². The third-order valence-electron chi connectivity index (χ3n) is 5.23. The molecule has 0 spiro atoms. The number of rotatable bonds is 7. The summed E-state index contributed by atoms with van der Waals surface area (Å²) in [6.07, 6.45) is 2.73. The maximum absolute atomic E-state index is 13.1. The second-order valence-corrected chi connectivity index (χ2v) is 7.69. The van der Waals surface area contributed by atoms with Gasteiger partial charge in [-0.25, -0.2) is 4.68 Å². The number of amides is 3. The summed E-state index contributed by atoms with van der Waals surface area (Å²) >= 11 is 0. The van der Waals surface area contributed by atoms with Crippen LogP contribution in [0.3, 0.4) is 0 Å². The molecule has 1 aromatic heterocycles. The lowest BCUT2D eigenvalue weighted by molar-refractivity contribution is -0.137. The Morgan fingerprint density at radius 3 is 2.61 bits per heavy atom. The normalized spacial score (nSPS) is 19.0. The Morgan fingerprint density at radius 1 is 1.09 bits per heavy atom. The van der Waals surface area contributed by atoms with Gasteiger partial charge in [0.25, 0.3) is 5.91 Å². The molecular formula is C21H27N7O5. The number of carbonyl (C=O) groups excluding carboxylic acids is 3. The molecule has 1 aliphatic heterocycles. The summed E-state index contributed by atoms with van der Waals surface area (Å²) in [5.41, 5.74) is 6.67. The molecular weight excluding hydrogens is 430 g/mol. The van der Waals surface area contributed by atoms with E-state index in [0.29, 0.717) is 37.2 Å². The van der Waals surface area contributed by atoms with Crippen LogP contribution in [0.4, 0.5) is 0 Å². The number of carbonyl (C=O) groups is 4. The zero-order valence-corrected chi connectivity index (χ0v) is 18.0. The van der Waals surface area contributed by atoms with E-state index >= 15 is 0 Å². The van der Waals surface area contributed by atoms with E-state index in [-0.39, 0.29) is 24.9 Å². The lowest BCUT2D eigenvalue weighted by atomic mass is 10.1. The molecule has 0 aliphatic carbocycles. The summed E-state index contributed by atoms with van der Waals surface area (Å²) < 4.78 is 1.41. The van der Waals surface area contributed by atoms with E-state index in [1.807, 2.05) is 0 Å². The van der Waals surface area contributed by atoms with Gasteiger partial charge in [-0.15, -0.1) is 5.10 Å². The van der Waals surface area contributed by atoms with Crippen LogP contribution in [0.15, 0.2) is 30.5 Å². The molecule has 1 aliphatic rings. The van der Waals surface area contributed by atoms with Crippen LogP contribution in [0.1, 0.15) is 48.2 Å². The van der Waals surface area contributed by atoms with Gasteiger partial charge >= 0.3 is 5.97 Å². The van der Waals surface area contributed by atoms with Gasteiger partial charge in [0.2, 0.25) is 11.8 Å². The molecule has 0 fully saturated rings. The Balaban J connectivity index is 1.95. The van der Waals surface area contributed by atoms with Gasteiger partial charge in [-0.1, -0.05) is 17.3 Å². The number of nitrogens with one attached hydrogen (secondary N) is 3. The number of benzene rings is 1. The molecule has 2 bridgehead atoms. The molecule has 1 aromatic carbocycles. The molecule has 0 unspecified atom stereocenters. The number of fused-ring (bicyclic) bond motifs is 4. The molecule has 0 saturated carbocycles. The van der Waals surface area contributed by atoms with Crippen LogP contribution in [0.25, 0.3) is 5.69 Å². The van der Waals surface area contributed by atoms with Crippen LogP contribution < -0.4 is 21.7 Å². The summed E-state index contributed by atoms with van der Waals surface area (Å²) in [7, 11) is 0. The van der Waals surface area contributed by atoms with Crippen LogP contribution in [0.2, 0.25) is 0 Å². The average molecular weight is 457 g/mol. The second-order valence-electron chi connectivity index (χ2n) is 7.69. The van der Waals surface area contributed by atoms with Crippen molar-refractivity contribution >= 4 is 23.7 Å². The van der Waals surface area contributed by atoms with Crippen LogP contribution >= 0.6 is 0 Å². The van der Waals surface area contributed by atoms with Crippen LogP contribution in [0.5, 0.6) is 0 Å². The Bertz CT molecular complexity index is 1020. The highest BCUT2D eigenvalue weighted by molar-refractivity contribution is 6.01. The monoisotopic (exact) mass is 457 g/mol. The van der Waals surface area contributed by atoms with Crippen LogP contribution in [-0.4, -0.2) is 62.4 Å². The summed E-state index contributed by atoms with van der Waals surface area (Å²) in [5.74, 6) is -2.74. The predicted octanol–water partition coefficient (Wildman–Crippen LogP) is -0.526. The number of aliphatic carboxylic acids is 1. The van der Waals surface area contributed by atoms with E-state index in [2.05, 4.69) is 26.3 Å². The van der Waals surface area contributed by atoms with Gasteiger partial charge in [-0.05, 0) is 44.4 Å². The Morgan fingerprint density at radius 2 is 1.85 bits per heavy atom. The Labute approximate surface area is 189 Å². The van der Waals surface area contributed by atoms with Crippen LogP contribution in [-0.2, 0) is 20.9 Å². The number of hydrogen-bond acceptors (Lipinski definition) is 7. The summed E-state index contributed by atoms with van der Waals surface area (Å²) in [4.78, 5) is 50.0. The van der Waals surface area contributed by atoms with Crippen LogP contribution in [0, 0.1) is 0 Å². The fraction of sp³-hybridized carbons (Fsp3) is 0.429. The number of unbranched alkanes of at least 4 members (excludes halogenated alkanes) is 1. The van der Waals surface area contributed by atoms with Crippen molar-refractivity contribution in [2.24, 2.45) is 5.73 Å². The van der Waals surface area contributed by atoms with Gasteiger partial charge in [0.15, 0.2) is 0 Å². The number of hydrogen-bond donors (Lipinski definition) is 5. The zero-order chi connectivity index (χ0) is 23.8. The highest BCUT2D eigenvalue weighted by Gasteiger charge is 2.28. The molecule has 0 radical (unpaired) electrons. The van der Waals surface area contributed by atoms with Crippen molar-refractivity contribution in [3.8, 4) is 5.69 Å². The van der Waals surface area contributed by atoms with E-state index in [0.717, 1.165) is 0 Å². The molecule has 2 heterocycles. The quantitative estimate of drug-likeness (QED) is 0.344. The molecule has 33 heavy (non-hydrogen) atoms. The van der Waals surface area contributed by atoms with E-state index in [1.54, 1.807) is 30.5 Å². The maximum atomic E-state index is 13.1. The highest BCUT2D eigenvalue weighted by Crippen LogP contribution is 2.15. The highest BCUT2D eigenvalue weighted by atomic mass is 16.4. The van der Waals surface area contributed by atoms with E-state index in [1.165, 1.54) is 4.68 Å². The van der Waals surface area contributed by atoms with Crippen molar-refractivity contribution in [2.75, 3.05) is 6.54 Å². The Kier molecular flexibility index (Phi) is 8.08. The van der Waals surface area contributed by atoms with Gasteiger partial charge in [0.1, 0.15) is 17.8 Å². The first-order valence-electron chi connectivity index (χ1n) is 10.7. The average Bonchev–Trinajstić information content (AvgIpc) is 3.27. The number of nitrogens with two attached hydrogens (primary N) is 1. The molecule has 176 valence electrons. The standard InChI is InChI=1S/C21H27N7O5/c22-10-4-3-6-15-20(32)23-11-13-12-28(27-26-13)17-7-2-1-5-14(17)19(31)24-16(21(33)25-15)8-9-18(29)30/h1-2,5,7,12,15-16H,3-4,6,8-11,22H2,(H,23,32)(H,24,31)(H,25,33)(H,29,30)/t15-,16-/m0/s1. The Hall–Kier alpha value is -3.80. The molecule has 6 N–H and O–H groups in total. The molecule has 12 nitrogen and oxygen atoms in total. The molecule has 12 heteroatoms. The summed E-state index contributed by atoms with van der Waals surface area (Å²) in [5, 5.41) is 25.2. The number of nitrogens with zero attached hydrogens (tertiary/aromatic N) is 3. The van der Waals surface area contributed by atoms with Crippen molar-refractivity contribution < 1.29 is 24.3 Å². The number of aromatic nitrogens is 3.